The largest absolute Gasteiger partial charge is 0.329 e. The van der Waals surface area contributed by atoms with Gasteiger partial charge in [-0.2, -0.15) is 0 Å². The van der Waals surface area contributed by atoms with Gasteiger partial charge in [-0.1, -0.05) is 19.8 Å². The van der Waals surface area contributed by atoms with Gasteiger partial charge in [0.1, 0.15) is 0 Å². The van der Waals surface area contributed by atoms with Crippen molar-refractivity contribution in [2.45, 2.75) is 57.2 Å². The third-order valence-corrected chi connectivity index (χ3v) is 5.72. The number of rotatable bonds is 4. The highest BCUT2D eigenvalue weighted by Gasteiger charge is 2.40. The fourth-order valence-corrected chi connectivity index (χ4v) is 3.50. The molecule has 0 saturated heterocycles. The van der Waals surface area contributed by atoms with Gasteiger partial charge in [0.2, 0.25) is 10.0 Å². The number of hydrogen-bond acceptors (Lipinski definition) is 3. The van der Waals surface area contributed by atoms with Crippen molar-refractivity contribution in [2.24, 2.45) is 11.7 Å². The van der Waals surface area contributed by atoms with Crippen molar-refractivity contribution in [3.63, 3.8) is 0 Å². The second-order valence-electron chi connectivity index (χ2n) is 5.20. The lowest BCUT2D eigenvalue weighted by atomic mass is 9.74. The summed E-state index contributed by atoms with van der Waals surface area (Å²) in [4.78, 5) is 0. The maximum atomic E-state index is 11.9. The van der Waals surface area contributed by atoms with Crippen LogP contribution in [-0.2, 0) is 10.0 Å². The molecule has 1 fully saturated rings. The van der Waals surface area contributed by atoms with E-state index >= 15 is 0 Å². The van der Waals surface area contributed by atoms with Crippen LogP contribution in [0.4, 0.5) is 0 Å². The molecule has 96 valence electrons. The first-order valence-electron chi connectivity index (χ1n) is 6.07. The van der Waals surface area contributed by atoms with Crippen molar-refractivity contribution < 1.29 is 8.42 Å². The second-order valence-corrected chi connectivity index (χ2v) is 7.44. The molecule has 0 radical (unpaired) electrons. The Hall–Kier alpha value is -0.130. The second kappa shape index (κ2) is 5.02. The van der Waals surface area contributed by atoms with Crippen molar-refractivity contribution in [1.82, 2.24) is 4.72 Å². The minimum absolute atomic E-state index is 0.319. The molecule has 2 unspecified atom stereocenters. The molecular formula is C11H24N2O2S. The molecule has 1 aliphatic rings. The van der Waals surface area contributed by atoms with Crippen molar-refractivity contribution in [3.8, 4) is 0 Å². The van der Waals surface area contributed by atoms with Crippen LogP contribution in [0, 0.1) is 5.92 Å². The molecule has 0 heterocycles. The van der Waals surface area contributed by atoms with Crippen molar-refractivity contribution in [1.29, 1.82) is 0 Å². The summed E-state index contributed by atoms with van der Waals surface area (Å²) in [7, 11) is -3.23. The maximum Gasteiger partial charge on any atom is 0.214 e. The molecular weight excluding hydrogens is 224 g/mol. The predicted octanol–water partition coefficient (Wildman–Crippen LogP) is 1.22. The van der Waals surface area contributed by atoms with Crippen LogP contribution in [0.25, 0.3) is 0 Å². The summed E-state index contributed by atoms with van der Waals surface area (Å²) in [5, 5.41) is -0.398. The summed E-state index contributed by atoms with van der Waals surface area (Å²) >= 11 is 0. The van der Waals surface area contributed by atoms with Gasteiger partial charge in [0, 0.05) is 12.1 Å². The fourth-order valence-electron chi connectivity index (χ4n) is 2.31. The molecule has 0 amide bonds. The molecule has 0 spiro atoms. The van der Waals surface area contributed by atoms with E-state index < -0.39 is 20.8 Å². The molecule has 0 bridgehead atoms. The lowest BCUT2D eigenvalue weighted by Gasteiger charge is -2.42. The molecule has 4 nitrogen and oxygen atoms in total. The summed E-state index contributed by atoms with van der Waals surface area (Å²) in [5.41, 5.74) is 5.39. The van der Waals surface area contributed by atoms with E-state index in [0.717, 1.165) is 19.3 Å². The Bertz CT molecular complexity index is 327. The lowest BCUT2D eigenvalue weighted by molar-refractivity contribution is 0.191. The zero-order valence-electron chi connectivity index (χ0n) is 10.5. The number of sulfonamides is 1. The van der Waals surface area contributed by atoms with Crippen LogP contribution in [0.1, 0.15) is 46.5 Å². The van der Waals surface area contributed by atoms with E-state index in [9.17, 15) is 8.42 Å². The summed E-state index contributed by atoms with van der Waals surface area (Å²) in [5.74, 6) is 0.319. The molecule has 0 aliphatic heterocycles. The molecule has 0 aromatic carbocycles. The van der Waals surface area contributed by atoms with Crippen LogP contribution >= 0.6 is 0 Å². The van der Waals surface area contributed by atoms with Gasteiger partial charge >= 0.3 is 0 Å². The summed E-state index contributed by atoms with van der Waals surface area (Å²) in [6.07, 6.45) is 4.14. The Balaban J connectivity index is 2.89. The van der Waals surface area contributed by atoms with E-state index in [1.165, 1.54) is 6.42 Å². The fraction of sp³-hybridized carbons (Fsp3) is 1.00. The van der Waals surface area contributed by atoms with Crippen LogP contribution in [-0.4, -0.2) is 25.8 Å². The molecule has 1 aliphatic carbocycles. The van der Waals surface area contributed by atoms with Gasteiger partial charge in [0.15, 0.2) is 0 Å². The van der Waals surface area contributed by atoms with Crippen LogP contribution in [0.3, 0.4) is 0 Å². The van der Waals surface area contributed by atoms with Crippen molar-refractivity contribution in [3.05, 3.63) is 0 Å². The number of nitrogens with one attached hydrogen (secondary N) is 1. The highest BCUT2D eigenvalue weighted by Crippen LogP contribution is 2.33. The van der Waals surface area contributed by atoms with Gasteiger partial charge < -0.3 is 5.73 Å². The van der Waals surface area contributed by atoms with Gasteiger partial charge in [-0.05, 0) is 32.6 Å². The Morgan fingerprint density at radius 3 is 2.50 bits per heavy atom. The first kappa shape index (κ1) is 13.9. The lowest BCUT2D eigenvalue weighted by Crippen LogP contribution is -2.60. The normalized spacial score (nSPS) is 31.9. The molecule has 16 heavy (non-hydrogen) atoms. The van der Waals surface area contributed by atoms with Crippen molar-refractivity contribution in [2.75, 3.05) is 6.54 Å². The van der Waals surface area contributed by atoms with Gasteiger partial charge in [0.05, 0.1) is 5.25 Å². The van der Waals surface area contributed by atoms with Gasteiger partial charge in [0.25, 0.3) is 0 Å². The average molecular weight is 248 g/mol. The van der Waals surface area contributed by atoms with E-state index in [0.29, 0.717) is 12.5 Å². The maximum absolute atomic E-state index is 11.9. The van der Waals surface area contributed by atoms with E-state index in [1.807, 2.05) is 0 Å². The highest BCUT2D eigenvalue weighted by molar-refractivity contribution is 7.90. The van der Waals surface area contributed by atoms with E-state index in [-0.39, 0.29) is 0 Å². The summed E-state index contributed by atoms with van der Waals surface area (Å²) in [6, 6.07) is 0. The minimum atomic E-state index is -3.23. The van der Waals surface area contributed by atoms with E-state index in [4.69, 9.17) is 5.73 Å². The standard InChI is InChI=1S/C11H24N2O2S/c1-9(2)16(14,15)13-11(8-12)7-5-4-6-10(11)3/h9-10,13H,4-8,12H2,1-3H3. The number of nitrogens with two attached hydrogens (primary N) is 1. The SMILES string of the molecule is CC1CCCCC1(CN)NS(=O)(=O)C(C)C. The Morgan fingerprint density at radius 2 is 2.06 bits per heavy atom. The first-order chi connectivity index (χ1) is 7.34. The van der Waals surface area contributed by atoms with E-state index in [1.54, 1.807) is 13.8 Å². The third-order valence-electron chi connectivity index (χ3n) is 3.78. The zero-order chi connectivity index (χ0) is 12.4. The molecule has 1 saturated carbocycles. The molecule has 0 aromatic rings. The highest BCUT2D eigenvalue weighted by atomic mass is 32.2. The average Bonchev–Trinajstić information content (AvgIpc) is 2.21. The molecule has 1 rings (SSSR count). The van der Waals surface area contributed by atoms with Crippen molar-refractivity contribution >= 4 is 10.0 Å². The van der Waals surface area contributed by atoms with Crippen LogP contribution < -0.4 is 10.5 Å². The minimum Gasteiger partial charge on any atom is -0.329 e. The summed E-state index contributed by atoms with van der Waals surface area (Å²) in [6.45, 7) is 5.87. The Labute approximate surface area is 99.0 Å². The quantitative estimate of drug-likeness (QED) is 0.786. The van der Waals surface area contributed by atoms with Crippen LogP contribution in [0.2, 0.25) is 0 Å². The molecule has 5 heteroatoms. The first-order valence-corrected chi connectivity index (χ1v) is 7.61. The smallest absolute Gasteiger partial charge is 0.214 e. The van der Waals surface area contributed by atoms with Gasteiger partial charge in [-0.15, -0.1) is 0 Å². The van der Waals surface area contributed by atoms with Crippen LogP contribution in [0.5, 0.6) is 0 Å². The van der Waals surface area contributed by atoms with Gasteiger partial charge in [-0.25, -0.2) is 13.1 Å². The monoisotopic (exact) mass is 248 g/mol. The molecule has 0 aromatic heterocycles. The third kappa shape index (κ3) is 2.76. The number of hydrogen-bond donors (Lipinski definition) is 2. The Kier molecular flexibility index (Phi) is 4.37. The molecule has 2 atom stereocenters. The predicted molar refractivity (Wildman–Crippen MR) is 66.6 cm³/mol. The summed E-state index contributed by atoms with van der Waals surface area (Å²) < 4.78 is 26.7. The Morgan fingerprint density at radius 1 is 1.44 bits per heavy atom. The molecule has 3 N–H and O–H groups in total. The van der Waals surface area contributed by atoms with Crippen LogP contribution in [0.15, 0.2) is 0 Å². The van der Waals surface area contributed by atoms with Gasteiger partial charge in [-0.3, -0.25) is 0 Å². The topological polar surface area (TPSA) is 72.2 Å². The van der Waals surface area contributed by atoms with E-state index in [2.05, 4.69) is 11.6 Å². The zero-order valence-corrected chi connectivity index (χ0v) is 11.3.